The largest absolute Gasteiger partial charge is 0.467 e. The molecule has 0 bridgehead atoms. The van der Waals surface area contributed by atoms with Crippen LogP contribution in [0.25, 0.3) is 10.9 Å². The Balaban J connectivity index is 1.76. The van der Waals surface area contributed by atoms with Gasteiger partial charge in [0.2, 0.25) is 5.56 Å². The zero-order valence-electron chi connectivity index (χ0n) is 18.0. The highest BCUT2D eigenvalue weighted by molar-refractivity contribution is 6.13. The van der Waals surface area contributed by atoms with Crippen LogP contribution in [0, 0.1) is 0 Å². The molecule has 1 fully saturated rings. The van der Waals surface area contributed by atoms with Crippen molar-refractivity contribution >= 4 is 28.2 Å². The van der Waals surface area contributed by atoms with Gasteiger partial charge in [-0.2, -0.15) is 4.98 Å². The standard InChI is InChI=1S/C22H26N6O3/c1-13-10-28(11-14(2)24-13)18-7-6-16(20-17(18)9-23-22(26-20)31-4)21(30)25-15-5-8-19(29)27(3)12-15/h5-9,12-14,24H,10-11H2,1-4H3,(H,25,30). The minimum atomic E-state index is -0.321. The predicted molar refractivity (Wildman–Crippen MR) is 120 cm³/mol. The summed E-state index contributed by atoms with van der Waals surface area (Å²) in [5.41, 5.74) is 2.28. The fraction of sp³-hybridized carbons (Fsp3) is 0.364. The van der Waals surface area contributed by atoms with Gasteiger partial charge >= 0.3 is 6.01 Å². The fourth-order valence-corrected chi connectivity index (χ4v) is 4.04. The first-order chi connectivity index (χ1) is 14.9. The summed E-state index contributed by atoms with van der Waals surface area (Å²) in [5.74, 6) is -0.321. The highest BCUT2D eigenvalue weighted by Crippen LogP contribution is 2.30. The first kappa shape index (κ1) is 20.8. The topological polar surface area (TPSA) is 101 Å². The number of carbonyl (C=O) groups excluding carboxylic acids is 1. The van der Waals surface area contributed by atoms with Crippen molar-refractivity contribution in [3.05, 3.63) is 52.6 Å². The Kier molecular flexibility index (Phi) is 5.60. The minimum absolute atomic E-state index is 0.148. The molecule has 9 heteroatoms. The molecular formula is C22H26N6O3. The van der Waals surface area contributed by atoms with E-state index in [4.69, 9.17) is 4.74 Å². The normalized spacial score (nSPS) is 18.8. The van der Waals surface area contributed by atoms with Gasteiger partial charge < -0.3 is 24.8 Å². The van der Waals surface area contributed by atoms with Crippen LogP contribution >= 0.6 is 0 Å². The molecule has 0 spiro atoms. The first-order valence-electron chi connectivity index (χ1n) is 10.2. The molecule has 2 atom stereocenters. The number of carbonyl (C=O) groups is 1. The first-order valence-corrected chi connectivity index (χ1v) is 10.2. The number of hydrogen-bond donors (Lipinski definition) is 2. The number of fused-ring (bicyclic) bond motifs is 1. The van der Waals surface area contributed by atoms with Crippen LogP contribution in [-0.4, -0.2) is 52.7 Å². The second kappa shape index (κ2) is 8.35. The number of piperazine rings is 1. The van der Waals surface area contributed by atoms with Crippen molar-refractivity contribution in [2.75, 3.05) is 30.4 Å². The number of anilines is 2. The Labute approximate surface area is 180 Å². The Morgan fingerprint density at radius 3 is 2.61 bits per heavy atom. The number of methoxy groups -OCH3 is 1. The van der Waals surface area contributed by atoms with Gasteiger partial charge in [0, 0.05) is 61.8 Å². The van der Waals surface area contributed by atoms with Gasteiger partial charge in [0.25, 0.3) is 5.91 Å². The summed E-state index contributed by atoms with van der Waals surface area (Å²) in [6.07, 6.45) is 3.28. The number of ether oxygens (including phenoxy) is 1. The number of hydrogen-bond acceptors (Lipinski definition) is 7. The highest BCUT2D eigenvalue weighted by Gasteiger charge is 2.24. The molecule has 0 aliphatic carbocycles. The maximum absolute atomic E-state index is 13.1. The molecule has 1 aliphatic rings. The van der Waals surface area contributed by atoms with Crippen molar-refractivity contribution in [2.24, 2.45) is 7.05 Å². The molecule has 3 heterocycles. The molecule has 162 valence electrons. The number of rotatable bonds is 4. The molecule has 2 aromatic heterocycles. The average Bonchev–Trinajstić information content (AvgIpc) is 2.74. The molecule has 4 rings (SSSR count). The lowest BCUT2D eigenvalue weighted by molar-refractivity contribution is 0.102. The number of aryl methyl sites for hydroxylation is 1. The minimum Gasteiger partial charge on any atom is -0.467 e. The van der Waals surface area contributed by atoms with Gasteiger partial charge in [-0.05, 0) is 32.0 Å². The van der Waals surface area contributed by atoms with Crippen LogP contribution in [0.2, 0.25) is 0 Å². The number of nitrogens with zero attached hydrogens (tertiary/aromatic N) is 4. The molecule has 31 heavy (non-hydrogen) atoms. The Hall–Kier alpha value is -3.46. The number of aromatic nitrogens is 3. The van der Waals surface area contributed by atoms with Gasteiger partial charge in [-0.3, -0.25) is 9.59 Å². The Morgan fingerprint density at radius 2 is 1.94 bits per heavy atom. The lowest BCUT2D eigenvalue weighted by atomic mass is 10.0. The summed E-state index contributed by atoms with van der Waals surface area (Å²) in [6, 6.07) is 7.58. The van der Waals surface area contributed by atoms with Crippen LogP contribution < -0.4 is 25.8 Å². The maximum Gasteiger partial charge on any atom is 0.316 e. The van der Waals surface area contributed by atoms with Crippen molar-refractivity contribution in [3.63, 3.8) is 0 Å². The van der Waals surface area contributed by atoms with Crippen LogP contribution in [0.1, 0.15) is 24.2 Å². The van der Waals surface area contributed by atoms with Crippen molar-refractivity contribution in [2.45, 2.75) is 25.9 Å². The predicted octanol–water partition coefficient (Wildman–Crippen LogP) is 1.78. The second-order valence-electron chi connectivity index (χ2n) is 7.95. The third-order valence-electron chi connectivity index (χ3n) is 5.37. The van der Waals surface area contributed by atoms with E-state index in [0.29, 0.717) is 28.9 Å². The van der Waals surface area contributed by atoms with Crippen molar-refractivity contribution in [1.29, 1.82) is 0 Å². The van der Waals surface area contributed by atoms with Gasteiger partial charge in [-0.15, -0.1) is 0 Å². The summed E-state index contributed by atoms with van der Waals surface area (Å²) < 4.78 is 6.62. The average molecular weight is 422 g/mol. The highest BCUT2D eigenvalue weighted by atomic mass is 16.5. The zero-order valence-corrected chi connectivity index (χ0v) is 18.0. The van der Waals surface area contributed by atoms with E-state index in [1.807, 2.05) is 6.07 Å². The van der Waals surface area contributed by atoms with Gasteiger partial charge in [-0.25, -0.2) is 4.98 Å². The van der Waals surface area contributed by atoms with Gasteiger partial charge in [0.1, 0.15) is 0 Å². The second-order valence-corrected chi connectivity index (χ2v) is 7.95. The van der Waals surface area contributed by atoms with Gasteiger partial charge in [0.05, 0.1) is 23.9 Å². The molecule has 1 saturated heterocycles. The molecule has 1 aliphatic heterocycles. The maximum atomic E-state index is 13.1. The van der Waals surface area contributed by atoms with E-state index < -0.39 is 0 Å². The van der Waals surface area contributed by atoms with E-state index in [0.717, 1.165) is 24.2 Å². The summed E-state index contributed by atoms with van der Waals surface area (Å²) in [4.78, 5) is 35.8. The van der Waals surface area contributed by atoms with E-state index in [-0.39, 0.29) is 17.5 Å². The third-order valence-corrected chi connectivity index (χ3v) is 5.37. The van der Waals surface area contributed by atoms with E-state index in [1.165, 1.54) is 17.7 Å². The Morgan fingerprint density at radius 1 is 1.19 bits per heavy atom. The van der Waals surface area contributed by atoms with E-state index >= 15 is 0 Å². The smallest absolute Gasteiger partial charge is 0.316 e. The zero-order chi connectivity index (χ0) is 22.1. The summed E-state index contributed by atoms with van der Waals surface area (Å²) in [5, 5.41) is 7.16. The van der Waals surface area contributed by atoms with Crippen molar-refractivity contribution in [3.8, 4) is 6.01 Å². The Bertz CT molecular complexity index is 1180. The molecule has 9 nitrogen and oxygen atoms in total. The monoisotopic (exact) mass is 422 g/mol. The molecule has 1 amide bonds. The third kappa shape index (κ3) is 4.22. The molecule has 2 unspecified atom stereocenters. The lowest BCUT2D eigenvalue weighted by Crippen LogP contribution is -2.54. The summed E-state index contributed by atoms with van der Waals surface area (Å²) in [7, 11) is 3.13. The van der Waals surface area contributed by atoms with Crippen molar-refractivity contribution < 1.29 is 9.53 Å². The molecule has 3 aromatic rings. The lowest BCUT2D eigenvalue weighted by Gasteiger charge is -2.38. The fourth-order valence-electron chi connectivity index (χ4n) is 4.04. The SMILES string of the molecule is COc1ncc2c(N3CC(C)NC(C)C3)ccc(C(=O)Nc3ccc(=O)n(C)c3)c2n1. The number of nitrogens with one attached hydrogen (secondary N) is 2. The van der Waals surface area contributed by atoms with Gasteiger partial charge in [-0.1, -0.05) is 0 Å². The molecule has 2 N–H and O–H groups in total. The summed E-state index contributed by atoms with van der Waals surface area (Å²) >= 11 is 0. The van der Waals surface area contributed by atoms with Crippen LogP contribution in [0.4, 0.5) is 11.4 Å². The summed E-state index contributed by atoms with van der Waals surface area (Å²) in [6.45, 7) is 5.99. The van der Waals surface area contributed by atoms with Crippen LogP contribution in [0.3, 0.4) is 0 Å². The molecular weight excluding hydrogens is 396 g/mol. The molecule has 1 aromatic carbocycles. The van der Waals surface area contributed by atoms with Crippen LogP contribution in [0.15, 0.2) is 41.5 Å². The number of amides is 1. The van der Waals surface area contributed by atoms with Crippen LogP contribution in [-0.2, 0) is 7.05 Å². The number of pyridine rings is 1. The van der Waals surface area contributed by atoms with Crippen LogP contribution in [0.5, 0.6) is 6.01 Å². The molecule has 0 radical (unpaired) electrons. The quantitative estimate of drug-likeness (QED) is 0.661. The number of benzene rings is 1. The van der Waals surface area contributed by atoms with Crippen molar-refractivity contribution in [1.82, 2.24) is 19.9 Å². The van der Waals surface area contributed by atoms with E-state index in [2.05, 4.69) is 39.3 Å². The van der Waals surface area contributed by atoms with E-state index in [1.54, 1.807) is 31.6 Å². The van der Waals surface area contributed by atoms with E-state index in [9.17, 15) is 9.59 Å². The van der Waals surface area contributed by atoms with Gasteiger partial charge in [0.15, 0.2) is 0 Å². The molecule has 0 saturated carbocycles.